The molecular weight excluding hydrogens is 192 g/mol. The third kappa shape index (κ3) is 4.62. The molecule has 88 valence electrons. The Morgan fingerprint density at radius 1 is 1.60 bits per heavy atom. The van der Waals surface area contributed by atoms with Gasteiger partial charge in [0.1, 0.15) is 0 Å². The molecule has 1 fully saturated rings. The Hall–Kier alpha value is -0.610. The first-order valence-corrected chi connectivity index (χ1v) is 5.70. The maximum Gasteiger partial charge on any atom is 0.303 e. The number of hydrogen-bond acceptors (Lipinski definition) is 3. The van der Waals surface area contributed by atoms with Crippen LogP contribution in [0.4, 0.5) is 0 Å². The lowest BCUT2D eigenvalue weighted by atomic mass is 10.0. The molecule has 0 amide bonds. The monoisotopic (exact) mass is 214 g/mol. The van der Waals surface area contributed by atoms with E-state index in [1.165, 1.54) is 19.4 Å². The summed E-state index contributed by atoms with van der Waals surface area (Å²) in [5.74, 6) is -0.691. The van der Waals surface area contributed by atoms with Gasteiger partial charge in [-0.3, -0.25) is 4.79 Å². The molecule has 4 heteroatoms. The van der Waals surface area contributed by atoms with Crippen molar-refractivity contribution in [2.75, 3.05) is 33.7 Å². The molecule has 1 aliphatic rings. The zero-order chi connectivity index (χ0) is 11.3. The molecule has 1 saturated heterocycles. The van der Waals surface area contributed by atoms with E-state index in [0.29, 0.717) is 6.04 Å². The van der Waals surface area contributed by atoms with Crippen LogP contribution in [0.25, 0.3) is 0 Å². The number of piperidine rings is 1. The summed E-state index contributed by atoms with van der Waals surface area (Å²) in [4.78, 5) is 15.0. The van der Waals surface area contributed by atoms with E-state index >= 15 is 0 Å². The summed E-state index contributed by atoms with van der Waals surface area (Å²) in [5, 5.41) is 8.55. The lowest BCUT2D eigenvalue weighted by Crippen LogP contribution is -2.45. The van der Waals surface area contributed by atoms with Gasteiger partial charge in [0.2, 0.25) is 0 Å². The minimum absolute atomic E-state index is 0.285. The molecular formula is C11H22N2O2. The molecule has 1 unspecified atom stereocenters. The van der Waals surface area contributed by atoms with Crippen LogP contribution in [-0.2, 0) is 4.79 Å². The van der Waals surface area contributed by atoms with Crippen LogP contribution in [0.2, 0.25) is 0 Å². The molecule has 1 heterocycles. The van der Waals surface area contributed by atoms with Crippen LogP contribution in [0.15, 0.2) is 0 Å². The second-order valence-corrected chi connectivity index (χ2v) is 4.54. The first-order valence-electron chi connectivity index (χ1n) is 5.70. The molecule has 1 N–H and O–H groups in total. The van der Waals surface area contributed by atoms with Crippen molar-refractivity contribution in [2.24, 2.45) is 0 Å². The molecule has 15 heavy (non-hydrogen) atoms. The minimum atomic E-state index is -0.691. The molecule has 0 radical (unpaired) electrons. The average Bonchev–Trinajstić information content (AvgIpc) is 2.17. The van der Waals surface area contributed by atoms with Crippen LogP contribution in [-0.4, -0.2) is 60.6 Å². The van der Waals surface area contributed by atoms with Crippen molar-refractivity contribution >= 4 is 5.97 Å². The van der Waals surface area contributed by atoms with Crippen molar-refractivity contribution in [3.8, 4) is 0 Å². The van der Waals surface area contributed by atoms with E-state index in [-0.39, 0.29) is 6.42 Å². The Bertz CT molecular complexity index is 209. The summed E-state index contributed by atoms with van der Waals surface area (Å²) in [6.07, 6.45) is 3.54. The normalized spacial score (nSPS) is 23.3. The second kappa shape index (κ2) is 6.08. The smallest absolute Gasteiger partial charge is 0.303 e. The fourth-order valence-electron chi connectivity index (χ4n) is 2.16. The Labute approximate surface area is 91.9 Å². The lowest BCUT2D eigenvalue weighted by molar-refractivity contribution is -0.137. The van der Waals surface area contributed by atoms with Crippen LogP contribution >= 0.6 is 0 Å². The number of rotatable bonds is 5. The average molecular weight is 214 g/mol. The first kappa shape index (κ1) is 12.5. The van der Waals surface area contributed by atoms with Gasteiger partial charge in [-0.15, -0.1) is 0 Å². The number of aliphatic carboxylic acids is 1. The Kier molecular flexibility index (Phi) is 5.05. The number of hydrogen-bond donors (Lipinski definition) is 1. The molecule has 0 saturated carbocycles. The van der Waals surface area contributed by atoms with Crippen LogP contribution < -0.4 is 0 Å². The van der Waals surface area contributed by atoms with Gasteiger partial charge in [0, 0.05) is 19.0 Å². The summed E-state index contributed by atoms with van der Waals surface area (Å²) in [5.41, 5.74) is 0. The van der Waals surface area contributed by atoms with Crippen molar-refractivity contribution in [1.29, 1.82) is 0 Å². The van der Waals surface area contributed by atoms with Crippen LogP contribution in [0.1, 0.15) is 25.7 Å². The lowest BCUT2D eigenvalue weighted by Gasteiger charge is -2.35. The molecule has 0 aliphatic carbocycles. The predicted octanol–water partition coefficient (Wildman–Crippen LogP) is 0.877. The molecule has 1 aliphatic heterocycles. The van der Waals surface area contributed by atoms with Crippen molar-refractivity contribution in [3.05, 3.63) is 0 Å². The molecule has 0 aromatic carbocycles. The van der Waals surface area contributed by atoms with E-state index in [1.54, 1.807) is 0 Å². The Morgan fingerprint density at radius 3 is 2.93 bits per heavy atom. The van der Waals surface area contributed by atoms with Crippen molar-refractivity contribution in [2.45, 2.75) is 31.7 Å². The van der Waals surface area contributed by atoms with Gasteiger partial charge in [-0.25, -0.2) is 0 Å². The highest BCUT2D eigenvalue weighted by atomic mass is 16.4. The van der Waals surface area contributed by atoms with Gasteiger partial charge in [-0.05, 0) is 46.4 Å². The highest BCUT2D eigenvalue weighted by molar-refractivity contribution is 5.66. The van der Waals surface area contributed by atoms with Gasteiger partial charge in [-0.2, -0.15) is 0 Å². The molecule has 0 aromatic heterocycles. The zero-order valence-corrected chi connectivity index (χ0v) is 9.78. The number of likely N-dealkylation sites (tertiary alicyclic amines) is 1. The highest BCUT2D eigenvalue weighted by Gasteiger charge is 2.20. The van der Waals surface area contributed by atoms with Crippen LogP contribution in [0.5, 0.6) is 0 Å². The van der Waals surface area contributed by atoms with Gasteiger partial charge in [0.05, 0.1) is 0 Å². The van der Waals surface area contributed by atoms with Gasteiger partial charge in [0.15, 0.2) is 0 Å². The van der Waals surface area contributed by atoms with E-state index in [2.05, 4.69) is 23.9 Å². The standard InChI is InChI=1S/C11H22N2O2/c1-12-7-3-5-10(9-12)13(2)8-4-6-11(14)15/h10H,3-9H2,1-2H3,(H,14,15). The molecule has 0 bridgehead atoms. The summed E-state index contributed by atoms with van der Waals surface area (Å²) < 4.78 is 0. The zero-order valence-electron chi connectivity index (χ0n) is 9.78. The van der Waals surface area contributed by atoms with Crippen molar-refractivity contribution < 1.29 is 9.90 Å². The van der Waals surface area contributed by atoms with Crippen LogP contribution in [0.3, 0.4) is 0 Å². The largest absolute Gasteiger partial charge is 0.481 e. The Balaban J connectivity index is 2.20. The van der Waals surface area contributed by atoms with Gasteiger partial charge >= 0.3 is 5.97 Å². The fraction of sp³-hybridized carbons (Fsp3) is 0.909. The number of carboxylic acids is 1. The maximum absolute atomic E-state index is 10.4. The molecule has 4 nitrogen and oxygen atoms in total. The predicted molar refractivity (Wildman–Crippen MR) is 60.0 cm³/mol. The SMILES string of the molecule is CN1CCCC(N(C)CCCC(=O)O)C1. The quantitative estimate of drug-likeness (QED) is 0.738. The van der Waals surface area contributed by atoms with E-state index in [1.807, 2.05) is 0 Å². The third-order valence-electron chi connectivity index (χ3n) is 3.12. The molecule has 0 spiro atoms. The minimum Gasteiger partial charge on any atom is -0.481 e. The Morgan fingerprint density at radius 2 is 2.33 bits per heavy atom. The summed E-state index contributed by atoms with van der Waals surface area (Å²) in [6.45, 7) is 3.20. The van der Waals surface area contributed by atoms with Gasteiger partial charge in [-0.1, -0.05) is 0 Å². The summed E-state index contributed by atoms with van der Waals surface area (Å²) in [7, 11) is 4.25. The third-order valence-corrected chi connectivity index (χ3v) is 3.12. The van der Waals surface area contributed by atoms with Gasteiger partial charge in [0.25, 0.3) is 0 Å². The number of carbonyl (C=O) groups is 1. The van der Waals surface area contributed by atoms with Gasteiger partial charge < -0.3 is 14.9 Å². The second-order valence-electron chi connectivity index (χ2n) is 4.54. The van der Waals surface area contributed by atoms with Crippen molar-refractivity contribution in [3.63, 3.8) is 0 Å². The summed E-state index contributed by atoms with van der Waals surface area (Å²) >= 11 is 0. The summed E-state index contributed by atoms with van der Waals surface area (Å²) in [6, 6.07) is 0.609. The molecule has 0 aromatic rings. The molecule has 1 rings (SSSR count). The number of nitrogens with zero attached hydrogens (tertiary/aromatic N) is 2. The molecule has 1 atom stereocenters. The van der Waals surface area contributed by atoms with Crippen LogP contribution in [0, 0.1) is 0 Å². The van der Waals surface area contributed by atoms with E-state index < -0.39 is 5.97 Å². The number of likely N-dealkylation sites (N-methyl/N-ethyl adjacent to an activating group) is 2. The van der Waals surface area contributed by atoms with Crippen molar-refractivity contribution in [1.82, 2.24) is 9.80 Å². The maximum atomic E-state index is 10.4. The first-order chi connectivity index (χ1) is 7.09. The van der Waals surface area contributed by atoms with E-state index in [9.17, 15) is 4.79 Å². The fourth-order valence-corrected chi connectivity index (χ4v) is 2.16. The number of carboxylic acid groups (broad SMARTS) is 1. The van der Waals surface area contributed by atoms with E-state index in [0.717, 1.165) is 19.5 Å². The highest BCUT2D eigenvalue weighted by Crippen LogP contribution is 2.13. The topological polar surface area (TPSA) is 43.8 Å². The van der Waals surface area contributed by atoms with E-state index in [4.69, 9.17) is 5.11 Å².